The van der Waals surface area contributed by atoms with Crippen LogP contribution in [0.25, 0.3) is 0 Å². The van der Waals surface area contributed by atoms with Crippen LogP contribution in [-0.2, 0) is 25.5 Å². The molecule has 0 aromatic heterocycles. The van der Waals surface area contributed by atoms with Gasteiger partial charge < -0.3 is 20.3 Å². The molecule has 5 aliphatic carbocycles. The molecule has 0 bridgehead atoms. The van der Waals surface area contributed by atoms with Gasteiger partial charge in [-0.3, -0.25) is 14.4 Å². The summed E-state index contributed by atoms with van der Waals surface area (Å²) >= 11 is 0. The van der Waals surface area contributed by atoms with Crippen LogP contribution >= 0.6 is 0 Å². The third kappa shape index (κ3) is 6.12. The summed E-state index contributed by atoms with van der Waals surface area (Å²) in [5.74, 6) is 0.126. The topological polar surface area (TPSA) is 113 Å². The number of fused-ring (bicyclic) bond motifs is 7. The van der Waals surface area contributed by atoms with Crippen LogP contribution < -0.4 is 5.32 Å². The number of Topliss-reactive ketones (excluding diaryl/α,β-unsaturated/α-hetero) is 1. The molecular formula is C45H67NO6. The van der Waals surface area contributed by atoms with Crippen molar-refractivity contribution < 1.29 is 29.3 Å². The monoisotopic (exact) mass is 717 g/mol. The van der Waals surface area contributed by atoms with Gasteiger partial charge in [-0.25, -0.2) is 0 Å². The summed E-state index contributed by atoms with van der Waals surface area (Å²) in [4.78, 5) is 38.8. The van der Waals surface area contributed by atoms with Crippen molar-refractivity contribution in [3.63, 3.8) is 0 Å². The number of nitrogens with one attached hydrogen (secondary N) is 1. The number of hydrogen-bond donors (Lipinski definition) is 3. The summed E-state index contributed by atoms with van der Waals surface area (Å²) in [6.45, 7) is 21.0. The van der Waals surface area contributed by atoms with E-state index in [9.17, 15) is 24.6 Å². The third-order valence-electron chi connectivity index (χ3n) is 16.3. The zero-order valence-electron chi connectivity index (χ0n) is 33.6. The van der Waals surface area contributed by atoms with Crippen molar-refractivity contribution in [2.24, 2.45) is 56.2 Å². The Kier molecular flexibility index (Phi) is 10.3. The number of rotatable bonds is 11. The molecule has 288 valence electrons. The van der Waals surface area contributed by atoms with E-state index >= 15 is 0 Å². The molecule has 4 saturated carbocycles. The second-order valence-electron chi connectivity index (χ2n) is 20.0. The van der Waals surface area contributed by atoms with E-state index in [2.05, 4.69) is 78.0 Å². The first-order valence-corrected chi connectivity index (χ1v) is 20.4. The predicted octanol–water partition coefficient (Wildman–Crippen LogP) is 8.57. The van der Waals surface area contributed by atoms with Gasteiger partial charge in [-0.2, -0.15) is 0 Å². The lowest BCUT2D eigenvalue weighted by molar-refractivity contribution is -0.235. The molecule has 0 amide bonds. The van der Waals surface area contributed by atoms with Crippen LogP contribution in [0.3, 0.4) is 0 Å². The Morgan fingerprint density at radius 2 is 1.62 bits per heavy atom. The number of aliphatic hydroxyl groups excluding tert-OH is 1. The largest absolute Gasteiger partial charge is 0.481 e. The highest BCUT2D eigenvalue weighted by molar-refractivity contribution is 6.00. The van der Waals surface area contributed by atoms with E-state index in [0.717, 1.165) is 69.9 Å². The molecule has 0 radical (unpaired) electrons. The maximum atomic E-state index is 14.0. The molecule has 2 unspecified atom stereocenters. The number of carbonyl (C=O) groups is 3. The van der Waals surface area contributed by atoms with Gasteiger partial charge in [0.2, 0.25) is 0 Å². The van der Waals surface area contributed by atoms with E-state index < -0.39 is 28.9 Å². The number of ether oxygens (including phenoxy) is 1. The van der Waals surface area contributed by atoms with Gasteiger partial charge >= 0.3 is 11.9 Å². The highest BCUT2D eigenvalue weighted by atomic mass is 16.5. The van der Waals surface area contributed by atoms with Crippen LogP contribution in [0.15, 0.2) is 41.5 Å². The number of carbonyl (C=O) groups excluding carboxylic acids is 2. The van der Waals surface area contributed by atoms with Crippen LogP contribution in [0.1, 0.15) is 132 Å². The van der Waals surface area contributed by atoms with E-state index in [0.29, 0.717) is 24.8 Å². The number of ketones is 1. The van der Waals surface area contributed by atoms with Gasteiger partial charge in [0.15, 0.2) is 5.78 Å². The number of esters is 1. The van der Waals surface area contributed by atoms with Gasteiger partial charge in [-0.1, -0.05) is 84.4 Å². The molecule has 0 aliphatic heterocycles. The second kappa shape index (κ2) is 13.7. The van der Waals surface area contributed by atoms with Gasteiger partial charge in [0.1, 0.15) is 6.10 Å². The van der Waals surface area contributed by atoms with Crippen LogP contribution in [0.2, 0.25) is 0 Å². The van der Waals surface area contributed by atoms with Crippen molar-refractivity contribution in [3.05, 3.63) is 47.0 Å². The zero-order valence-corrected chi connectivity index (χ0v) is 33.6. The second-order valence-corrected chi connectivity index (χ2v) is 20.0. The quantitative estimate of drug-likeness (QED) is 0.155. The van der Waals surface area contributed by atoms with Crippen molar-refractivity contribution in [2.75, 3.05) is 13.1 Å². The maximum absolute atomic E-state index is 14.0. The van der Waals surface area contributed by atoms with E-state index in [1.54, 1.807) is 13.8 Å². The normalized spacial score (nSPS) is 37.5. The smallest absolute Gasteiger partial charge is 0.309 e. The van der Waals surface area contributed by atoms with Gasteiger partial charge in [0.25, 0.3) is 0 Å². The van der Waals surface area contributed by atoms with Crippen LogP contribution in [-0.4, -0.2) is 53.2 Å². The number of benzene rings is 1. The SMILES string of the molecule is CC(C)C1=C2[C@H]3CC[C@@H]4[C@@]5(C)CC[C@H](OC(=O)CC(C)(C)C(=O)O)C(C)(C)[C@H]5CC[C@@]4(C)[C@]3(C)CCC2(C(O)CNCCc2ccccc2)CC1=O. The van der Waals surface area contributed by atoms with Gasteiger partial charge in [-0.05, 0) is 129 Å². The molecule has 3 N–H and O–H groups in total. The number of carboxylic acids is 1. The van der Waals surface area contributed by atoms with Crippen molar-refractivity contribution in [1.82, 2.24) is 5.32 Å². The molecular weight excluding hydrogens is 650 g/mol. The Bertz CT molecular complexity index is 1580. The van der Waals surface area contributed by atoms with Crippen molar-refractivity contribution in [2.45, 2.75) is 145 Å². The average molecular weight is 718 g/mol. The molecule has 7 nitrogen and oxygen atoms in total. The summed E-state index contributed by atoms with van der Waals surface area (Å²) in [6, 6.07) is 10.4. The summed E-state index contributed by atoms with van der Waals surface area (Å²) in [5.41, 5.74) is 1.85. The Morgan fingerprint density at radius 3 is 2.27 bits per heavy atom. The summed E-state index contributed by atoms with van der Waals surface area (Å²) in [6.07, 6.45) is 8.28. The maximum Gasteiger partial charge on any atom is 0.309 e. The number of hydrogen-bond acceptors (Lipinski definition) is 6. The van der Waals surface area contributed by atoms with Crippen molar-refractivity contribution >= 4 is 17.7 Å². The molecule has 1 aromatic rings. The first kappa shape index (κ1) is 39.2. The molecule has 0 heterocycles. The Balaban J connectivity index is 1.24. The fourth-order valence-corrected chi connectivity index (χ4v) is 13.2. The van der Waals surface area contributed by atoms with E-state index in [4.69, 9.17) is 4.74 Å². The standard InChI is InChI=1S/C45H67NO6/c1-28(2)37-31(47)25-45(34(48)27-46-24-19-29-13-11-10-12-14-29)23-22-43(8)30(38(37)45)15-16-33-42(7)20-18-35(52-36(49)26-40(3,4)39(50)51)41(5,6)32(42)17-21-44(33,43)9/h10-14,28,30,32-35,46,48H,15-27H2,1-9H3,(H,50,51)/t30-,32-,33-,34?,35+,42+,43-,44-,45?/m1/s1. The Morgan fingerprint density at radius 1 is 0.923 bits per heavy atom. The molecule has 7 heteroatoms. The highest BCUT2D eigenvalue weighted by Gasteiger charge is 2.70. The number of aliphatic carboxylic acids is 1. The van der Waals surface area contributed by atoms with E-state index in [1.807, 2.05) is 6.07 Å². The summed E-state index contributed by atoms with van der Waals surface area (Å²) in [7, 11) is 0. The molecule has 52 heavy (non-hydrogen) atoms. The predicted molar refractivity (Wildman–Crippen MR) is 204 cm³/mol. The number of carboxylic acid groups (broad SMARTS) is 1. The lowest BCUT2D eigenvalue weighted by Gasteiger charge is -2.72. The van der Waals surface area contributed by atoms with Crippen LogP contribution in [0.4, 0.5) is 0 Å². The minimum atomic E-state index is -1.16. The number of aliphatic hydroxyl groups is 1. The van der Waals surface area contributed by atoms with Crippen molar-refractivity contribution in [3.8, 4) is 0 Å². The molecule has 0 saturated heterocycles. The summed E-state index contributed by atoms with van der Waals surface area (Å²) < 4.78 is 6.17. The van der Waals surface area contributed by atoms with E-state index in [-0.39, 0.29) is 51.8 Å². The van der Waals surface area contributed by atoms with Gasteiger partial charge in [0.05, 0.1) is 17.9 Å². The van der Waals surface area contributed by atoms with Crippen LogP contribution in [0.5, 0.6) is 0 Å². The van der Waals surface area contributed by atoms with Gasteiger partial charge in [-0.15, -0.1) is 0 Å². The van der Waals surface area contributed by atoms with Crippen LogP contribution in [0, 0.1) is 56.2 Å². The minimum Gasteiger partial charge on any atom is -0.481 e. The number of allylic oxidation sites excluding steroid dienone is 1. The Hall–Kier alpha value is -2.51. The summed E-state index contributed by atoms with van der Waals surface area (Å²) in [5, 5.41) is 25.3. The molecule has 5 aliphatic rings. The third-order valence-corrected chi connectivity index (χ3v) is 16.3. The van der Waals surface area contributed by atoms with Gasteiger partial charge in [0, 0.05) is 23.8 Å². The Labute approximate surface area is 313 Å². The first-order chi connectivity index (χ1) is 24.2. The fourth-order valence-electron chi connectivity index (χ4n) is 13.2. The van der Waals surface area contributed by atoms with Crippen molar-refractivity contribution in [1.29, 1.82) is 0 Å². The molecule has 0 spiro atoms. The lowest BCUT2D eigenvalue weighted by Crippen LogP contribution is -2.66. The molecule has 9 atom stereocenters. The molecule has 1 aromatic carbocycles. The first-order valence-electron chi connectivity index (χ1n) is 20.4. The highest BCUT2D eigenvalue weighted by Crippen LogP contribution is 2.77. The zero-order chi connectivity index (χ0) is 38.1. The minimum absolute atomic E-state index is 0.00379. The molecule has 6 rings (SSSR count). The average Bonchev–Trinajstić information content (AvgIpc) is 3.38. The fraction of sp³-hybridized carbons (Fsp3) is 0.756. The molecule has 4 fully saturated rings. The van der Waals surface area contributed by atoms with E-state index in [1.165, 1.54) is 11.1 Å². The lowest BCUT2D eigenvalue weighted by atomic mass is 9.33.